The van der Waals surface area contributed by atoms with Gasteiger partial charge in [-0.05, 0) is 58.7 Å². The molecule has 136 valence electrons. The second-order valence-electron chi connectivity index (χ2n) is 6.22. The highest BCUT2D eigenvalue weighted by molar-refractivity contribution is 9.10. The van der Waals surface area contributed by atoms with Crippen molar-refractivity contribution in [2.75, 3.05) is 4.72 Å². The van der Waals surface area contributed by atoms with Crippen LogP contribution in [0, 0.1) is 6.92 Å². The number of imidazole rings is 1. The van der Waals surface area contributed by atoms with Gasteiger partial charge in [0, 0.05) is 10.0 Å². The highest BCUT2D eigenvalue weighted by Gasteiger charge is 2.17. The molecule has 4 aromatic rings. The zero-order chi connectivity index (χ0) is 19.0. The molecule has 0 amide bonds. The van der Waals surface area contributed by atoms with Gasteiger partial charge in [-0.1, -0.05) is 36.4 Å². The molecular weight excluding hydrogens is 426 g/mol. The van der Waals surface area contributed by atoms with E-state index in [1.54, 1.807) is 24.3 Å². The van der Waals surface area contributed by atoms with Gasteiger partial charge in [-0.3, -0.25) is 4.72 Å². The molecule has 0 aliphatic carbocycles. The lowest BCUT2D eigenvalue weighted by atomic mass is 10.2. The Bertz CT molecular complexity index is 1230. The second-order valence-corrected chi connectivity index (χ2v) is 8.76. The smallest absolute Gasteiger partial charge is 0.262 e. The third-order valence-corrected chi connectivity index (χ3v) is 6.20. The summed E-state index contributed by atoms with van der Waals surface area (Å²) in [7, 11) is -3.72. The molecule has 27 heavy (non-hydrogen) atoms. The van der Waals surface area contributed by atoms with Crippen molar-refractivity contribution >= 4 is 42.7 Å². The van der Waals surface area contributed by atoms with Crippen molar-refractivity contribution in [1.29, 1.82) is 0 Å². The van der Waals surface area contributed by atoms with Crippen LogP contribution in [0.2, 0.25) is 0 Å². The van der Waals surface area contributed by atoms with Crippen molar-refractivity contribution in [2.24, 2.45) is 0 Å². The van der Waals surface area contributed by atoms with Crippen LogP contribution < -0.4 is 4.72 Å². The van der Waals surface area contributed by atoms with E-state index in [9.17, 15) is 8.42 Å². The summed E-state index contributed by atoms with van der Waals surface area (Å²) in [6.07, 6.45) is 0. The number of aromatic amines is 1. The Morgan fingerprint density at radius 3 is 2.52 bits per heavy atom. The number of sulfonamides is 1. The van der Waals surface area contributed by atoms with Gasteiger partial charge < -0.3 is 4.98 Å². The third-order valence-electron chi connectivity index (χ3n) is 4.18. The lowest BCUT2D eigenvalue weighted by molar-refractivity contribution is 0.601. The van der Waals surface area contributed by atoms with Gasteiger partial charge in [0.05, 0.1) is 21.6 Å². The Hall–Kier alpha value is -2.64. The zero-order valence-corrected chi connectivity index (χ0v) is 16.8. The summed E-state index contributed by atoms with van der Waals surface area (Å²) < 4.78 is 28.9. The topological polar surface area (TPSA) is 74.8 Å². The molecule has 4 rings (SSSR count). The van der Waals surface area contributed by atoms with Crippen molar-refractivity contribution in [2.45, 2.75) is 11.8 Å². The van der Waals surface area contributed by atoms with E-state index < -0.39 is 10.0 Å². The summed E-state index contributed by atoms with van der Waals surface area (Å²) in [5.74, 6) is 0.703. The van der Waals surface area contributed by atoms with Crippen LogP contribution in [0.1, 0.15) is 5.56 Å². The molecule has 5 nitrogen and oxygen atoms in total. The first-order valence-electron chi connectivity index (χ1n) is 8.26. The fourth-order valence-corrected chi connectivity index (χ4v) is 4.62. The Kier molecular flexibility index (Phi) is 4.49. The van der Waals surface area contributed by atoms with Gasteiger partial charge in [-0.15, -0.1) is 0 Å². The molecule has 0 unspecified atom stereocenters. The number of anilines is 1. The highest BCUT2D eigenvalue weighted by atomic mass is 79.9. The quantitative estimate of drug-likeness (QED) is 0.462. The molecule has 1 heterocycles. The van der Waals surface area contributed by atoms with Crippen LogP contribution in [0.4, 0.5) is 5.69 Å². The van der Waals surface area contributed by atoms with Crippen LogP contribution in [-0.4, -0.2) is 18.4 Å². The average Bonchev–Trinajstić information content (AvgIpc) is 3.08. The predicted molar refractivity (Wildman–Crippen MR) is 111 cm³/mol. The number of hydrogen-bond donors (Lipinski definition) is 2. The van der Waals surface area contributed by atoms with E-state index in [1.807, 2.05) is 49.4 Å². The summed E-state index contributed by atoms with van der Waals surface area (Å²) in [6, 6.07) is 20.0. The molecule has 0 aliphatic heterocycles. The number of nitrogens with one attached hydrogen (secondary N) is 2. The number of benzene rings is 3. The first kappa shape index (κ1) is 17.8. The van der Waals surface area contributed by atoms with E-state index in [2.05, 4.69) is 30.6 Å². The van der Waals surface area contributed by atoms with Crippen LogP contribution in [-0.2, 0) is 10.0 Å². The Morgan fingerprint density at radius 2 is 1.78 bits per heavy atom. The maximum Gasteiger partial charge on any atom is 0.262 e. The molecule has 0 fully saturated rings. The summed E-state index contributed by atoms with van der Waals surface area (Å²) in [5.41, 5.74) is 3.86. The SMILES string of the molecule is Cc1ccc(NS(=O)(=O)c2ccc3nc(-c4ccccc4)[nH]c3c2)c(Br)c1. The monoisotopic (exact) mass is 441 g/mol. The molecular formula is C20H16BrN3O2S. The van der Waals surface area contributed by atoms with Crippen molar-refractivity contribution in [3.63, 3.8) is 0 Å². The number of hydrogen-bond acceptors (Lipinski definition) is 3. The van der Waals surface area contributed by atoms with Crippen molar-refractivity contribution in [3.05, 3.63) is 76.8 Å². The van der Waals surface area contributed by atoms with Crippen LogP contribution in [0.15, 0.2) is 76.1 Å². The summed E-state index contributed by atoms with van der Waals surface area (Å²) >= 11 is 3.40. The lowest BCUT2D eigenvalue weighted by Gasteiger charge is -2.10. The molecule has 7 heteroatoms. The maximum absolute atomic E-state index is 12.8. The minimum absolute atomic E-state index is 0.172. The van der Waals surface area contributed by atoms with Crippen LogP contribution in [0.3, 0.4) is 0 Å². The molecule has 2 N–H and O–H groups in total. The van der Waals surface area contributed by atoms with Crippen LogP contribution in [0.25, 0.3) is 22.4 Å². The Morgan fingerprint density at radius 1 is 1.00 bits per heavy atom. The van der Waals surface area contributed by atoms with E-state index in [0.29, 0.717) is 27.0 Å². The van der Waals surface area contributed by atoms with Gasteiger partial charge in [0.15, 0.2) is 0 Å². The molecule has 0 atom stereocenters. The number of rotatable bonds is 4. The Balaban J connectivity index is 1.70. The molecule has 3 aromatic carbocycles. The van der Waals surface area contributed by atoms with Crippen molar-refractivity contribution < 1.29 is 8.42 Å². The number of aryl methyl sites for hydroxylation is 1. The minimum Gasteiger partial charge on any atom is -0.338 e. The Labute approximate surface area is 165 Å². The second kappa shape index (κ2) is 6.83. The fourth-order valence-electron chi connectivity index (χ4n) is 2.80. The number of nitrogens with zero attached hydrogens (tertiary/aromatic N) is 1. The zero-order valence-electron chi connectivity index (χ0n) is 14.4. The van der Waals surface area contributed by atoms with Gasteiger partial charge in [0.2, 0.25) is 0 Å². The largest absolute Gasteiger partial charge is 0.338 e. The van der Waals surface area contributed by atoms with Crippen LogP contribution >= 0.6 is 15.9 Å². The van der Waals surface area contributed by atoms with Crippen molar-refractivity contribution in [3.8, 4) is 11.4 Å². The molecule has 0 spiro atoms. The van der Waals surface area contributed by atoms with Gasteiger partial charge in [0.25, 0.3) is 10.0 Å². The molecule has 0 radical (unpaired) electrons. The maximum atomic E-state index is 12.8. The van der Waals surface area contributed by atoms with Gasteiger partial charge in [-0.25, -0.2) is 13.4 Å². The predicted octanol–water partition coefficient (Wildman–Crippen LogP) is 5.10. The molecule has 0 bridgehead atoms. The fraction of sp³-hybridized carbons (Fsp3) is 0.0500. The van der Waals surface area contributed by atoms with E-state index in [-0.39, 0.29) is 4.90 Å². The molecule has 0 aliphatic rings. The van der Waals surface area contributed by atoms with Gasteiger partial charge >= 0.3 is 0 Å². The number of H-pyrrole nitrogens is 1. The third kappa shape index (κ3) is 3.61. The standard InChI is InChI=1S/C20H16BrN3O2S/c1-13-7-9-17(16(21)11-13)24-27(25,26)15-8-10-18-19(12-15)23-20(22-18)14-5-3-2-4-6-14/h2-12,24H,1H3,(H,22,23). The molecule has 1 aromatic heterocycles. The normalized spacial score (nSPS) is 11.6. The average molecular weight is 442 g/mol. The lowest BCUT2D eigenvalue weighted by Crippen LogP contribution is -2.13. The van der Waals surface area contributed by atoms with E-state index in [1.165, 1.54) is 0 Å². The van der Waals surface area contributed by atoms with E-state index in [0.717, 1.165) is 11.1 Å². The summed E-state index contributed by atoms with van der Waals surface area (Å²) in [5, 5.41) is 0. The first-order valence-corrected chi connectivity index (χ1v) is 10.5. The van der Waals surface area contributed by atoms with E-state index in [4.69, 9.17) is 0 Å². The number of halogens is 1. The molecule has 0 saturated heterocycles. The number of fused-ring (bicyclic) bond motifs is 1. The molecule has 0 saturated carbocycles. The van der Waals surface area contributed by atoms with Gasteiger partial charge in [0.1, 0.15) is 5.82 Å². The summed E-state index contributed by atoms with van der Waals surface area (Å²) in [6.45, 7) is 1.94. The first-order chi connectivity index (χ1) is 12.9. The van der Waals surface area contributed by atoms with E-state index >= 15 is 0 Å². The summed E-state index contributed by atoms with van der Waals surface area (Å²) in [4.78, 5) is 7.90. The van der Waals surface area contributed by atoms with Crippen molar-refractivity contribution in [1.82, 2.24) is 9.97 Å². The van der Waals surface area contributed by atoms with Crippen LogP contribution in [0.5, 0.6) is 0 Å². The highest BCUT2D eigenvalue weighted by Crippen LogP contribution is 2.27. The number of aromatic nitrogens is 2. The minimum atomic E-state index is -3.72. The van der Waals surface area contributed by atoms with Gasteiger partial charge in [-0.2, -0.15) is 0 Å².